The molecule has 1 saturated heterocycles. The molecule has 23 heavy (non-hydrogen) atoms. The Bertz CT molecular complexity index is 676. The molecule has 0 saturated carbocycles. The summed E-state index contributed by atoms with van der Waals surface area (Å²) in [5.41, 5.74) is 2.04. The second-order valence-corrected chi connectivity index (χ2v) is 6.09. The van der Waals surface area contributed by atoms with Gasteiger partial charge in [0, 0.05) is 27.2 Å². The molecule has 1 aromatic heterocycles. The molecule has 1 atom stereocenters. The quantitative estimate of drug-likeness (QED) is 0.873. The predicted molar refractivity (Wildman–Crippen MR) is 89.0 cm³/mol. The fourth-order valence-electron chi connectivity index (χ4n) is 2.92. The zero-order chi connectivity index (χ0) is 16.2. The number of rotatable bonds is 6. The number of benzene rings is 1. The topological polar surface area (TPSA) is 59.4 Å². The lowest BCUT2D eigenvalue weighted by Gasteiger charge is -2.18. The maximum Gasteiger partial charge on any atom is 0.236 e. The monoisotopic (exact) mass is 316 g/mol. The third-order valence-electron chi connectivity index (χ3n) is 4.36. The Morgan fingerprint density at radius 1 is 1.48 bits per heavy atom. The molecule has 2 aromatic rings. The highest BCUT2D eigenvalue weighted by Crippen LogP contribution is 2.15. The van der Waals surface area contributed by atoms with Gasteiger partial charge in [0.2, 0.25) is 5.91 Å². The van der Waals surface area contributed by atoms with Gasteiger partial charge >= 0.3 is 0 Å². The molecule has 1 N–H and O–H groups in total. The van der Waals surface area contributed by atoms with E-state index >= 15 is 0 Å². The number of aryl methyl sites for hydroxylation is 1. The van der Waals surface area contributed by atoms with Gasteiger partial charge in [-0.15, -0.1) is 0 Å². The third kappa shape index (κ3) is 3.71. The lowest BCUT2D eigenvalue weighted by molar-refractivity contribution is -0.129. The van der Waals surface area contributed by atoms with Crippen LogP contribution in [0.1, 0.15) is 18.7 Å². The summed E-state index contributed by atoms with van der Waals surface area (Å²) in [6.45, 7) is 2.42. The number of fused-ring (bicyclic) bond motifs is 1. The van der Waals surface area contributed by atoms with Crippen LogP contribution in [0.15, 0.2) is 24.3 Å². The summed E-state index contributed by atoms with van der Waals surface area (Å²) >= 11 is 0. The van der Waals surface area contributed by atoms with Crippen molar-refractivity contribution in [3.05, 3.63) is 30.1 Å². The first-order chi connectivity index (χ1) is 11.1. The molecular weight excluding hydrogens is 292 g/mol. The highest BCUT2D eigenvalue weighted by Gasteiger charge is 2.17. The van der Waals surface area contributed by atoms with E-state index in [0.717, 1.165) is 42.9 Å². The maximum atomic E-state index is 12.2. The van der Waals surface area contributed by atoms with E-state index in [1.54, 1.807) is 4.90 Å². The average Bonchev–Trinajstić information content (AvgIpc) is 3.17. The summed E-state index contributed by atoms with van der Waals surface area (Å²) in [6, 6.07) is 8.00. The molecule has 0 radical (unpaired) electrons. The van der Waals surface area contributed by atoms with Gasteiger partial charge in [-0.1, -0.05) is 12.1 Å². The van der Waals surface area contributed by atoms with E-state index in [1.807, 2.05) is 42.9 Å². The minimum Gasteiger partial charge on any atom is -0.377 e. The summed E-state index contributed by atoms with van der Waals surface area (Å²) in [4.78, 5) is 18.6. The first kappa shape index (κ1) is 16.0. The number of imidazole rings is 1. The zero-order valence-electron chi connectivity index (χ0n) is 13.8. The van der Waals surface area contributed by atoms with Crippen LogP contribution in [0.2, 0.25) is 0 Å². The SMILES string of the molecule is CN(Cc1nc2ccccc2n1C)C(=O)CNCC1CCCO1. The van der Waals surface area contributed by atoms with Crippen LogP contribution in [0, 0.1) is 0 Å². The number of hydrogen-bond acceptors (Lipinski definition) is 4. The summed E-state index contributed by atoms with van der Waals surface area (Å²) < 4.78 is 7.58. The van der Waals surface area contributed by atoms with Crippen LogP contribution in [0.4, 0.5) is 0 Å². The van der Waals surface area contributed by atoms with Gasteiger partial charge in [0.25, 0.3) is 0 Å². The number of amides is 1. The standard InChI is InChI=1S/C17H24N4O2/c1-20(17(22)11-18-10-13-6-5-9-23-13)12-16-19-14-7-3-4-8-15(14)21(16)2/h3-4,7-8,13,18H,5-6,9-12H2,1-2H3. The van der Waals surface area contributed by atoms with Gasteiger partial charge in [0.05, 0.1) is 30.2 Å². The van der Waals surface area contributed by atoms with Crippen molar-refractivity contribution in [2.45, 2.75) is 25.5 Å². The van der Waals surface area contributed by atoms with Crippen molar-refractivity contribution < 1.29 is 9.53 Å². The highest BCUT2D eigenvalue weighted by atomic mass is 16.5. The number of aromatic nitrogens is 2. The van der Waals surface area contributed by atoms with Crippen molar-refractivity contribution in [1.29, 1.82) is 0 Å². The van der Waals surface area contributed by atoms with Crippen molar-refractivity contribution in [3.63, 3.8) is 0 Å². The minimum absolute atomic E-state index is 0.0649. The van der Waals surface area contributed by atoms with E-state index in [2.05, 4.69) is 10.3 Å². The molecule has 0 aliphatic carbocycles. The van der Waals surface area contributed by atoms with Crippen molar-refractivity contribution in [3.8, 4) is 0 Å². The first-order valence-electron chi connectivity index (χ1n) is 8.12. The summed E-state index contributed by atoms with van der Waals surface area (Å²) in [5.74, 6) is 0.955. The Balaban J connectivity index is 1.53. The lowest BCUT2D eigenvalue weighted by atomic mass is 10.2. The summed E-state index contributed by atoms with van der Waals surface area (Å²) in [6.07, 6.45) is 2.46. The normalized spacial score (nSPS) is 17.7. The van der Waals surface area contributed by atoms with Crippen LogP contribution >= 0.6 is 0 Å². The van der Waals surface area contributed by atoms with Crippen molar-refractivity contribution >= 4 is 16.9 Å². The molecule has 2 heterocycles. The fourth-order valence-corrected chi connectivity index (χ4v) is 2.92. The highest BCUT2D eigenvalue weighted by molar-refractivity contribution is 5.78. The van der Waals surface area contributed by atoms with E-state index in [1.165, 1.54) is 0 Å². The molecule has 1 unspecified atom stereocenters. The Morgan fingerprint density at radius 2 is 2.30 bits per heavy atom. The predicted octanol–water partition coefficient (Wildman–Crippen LogP) is 1.30. The average molecular weight is 316 g/mol. The van der Waals surface area contributed by atoms with Crippen molar-refractivity contribution in [2.24, 2.45) is 7.05 Å². The van der Waals surface area contributed by atoms with E-state index in [9.17, 15) is 4.79 Å². The number of likely N-dealkylation sites (N-methyl/N-ethyl adjacent to an activating group) is 1. The van der Waals surface area contributed by atoms with Gasteiger partial charge in [-0.05, 0) is 25.0 Å². The summed E-state index contributed by atoms with van der Waals surface area (Å²) in [5, 5.41) is 3.19. The number of hydrogen-bond donors (Lipinski definition) is 1. The molecule has 1 amide bonds. The molecule has 6 nitrogen and oxygen atoms in total. The zero-order valence-corrected chi connectivity index (χ0v) is 13.8. The third-order valence-corrected chi connectivity index (χ3v) is 4.36. The maximum absolute atomic E-state index is 12.2. The Hall–Kier alpha value is -1.92. The van der Waals surface area contributed by atoms with Crippen LogP contribution in [0.3, 0.4) is 0 Å². The molecule has 1 fully saturated rings. The van der Waals surface area contributed by atoms with Gasteiger partial charge in [-0.2, -0.15) is 0 Å². The number of carbonyl (C=O) groups is 1. The van der Waals surface area contributed by atoms with Crippen LogP contribution in [0.25, 0.3) is 11.0 Å². The Morgan fingerprint density at radius 3 is 3.04 bits per heavy atom. The number of ether oxygens (including phenoxy) is 1. The van der Waals surface area contributed by atoms with E-state index in [0.29, 0.717) is 13.1 Å². The van der Waals surface area contributed by atoms with Gasteiger partial charge < -0.3 is 19.5 Å². The van der Waals surface area contributed by atoms with Crippen LogP contribution in [-0.4, -0.2) is 53.2 Å². The molecule has 0 bridgehead atoms. The molecule has 124 valence electrons. The van der Waals surface area contributed by atoms with Gasteiger partial charge in [-0.25, -0.2) is 4.98 Å². The molecule has 1 aromatic carbocycles. The van der Waals surface area contributed by atoms with E-state index < -0.39 is 0 Å². The Kier molecular flexibility index (Phi) is 4.93. The van der Waals surface area contributed by atoms with Crippen LogP contribution < -0.4 is 5.32 Å². The molecule has 0 spiro atoms. The smallest absolute Gasteiger partial charge is 0.236 e. The van der Waals surface area contributed by atoms with Gasteiger partial charge in [0.1, 0.15) is 5.82 Å². The minimum atomic E-state index is 0.0649. The number of para-hydroxylation sites is 2. The first-order valence-corrected chi connectivity index (χ1v) is 8.12. The molecule has 6 heteroatoms. The van der Waals surface area contributed by atoms with Crippen molar-refractivity contribution in [1.82, 2.24) is 19.8 Å². The summed E-state index contributed by atoms with van der Waals surface area (Å²) in [7, 11) is 3.80. The van der Waals surface area contributed by atoms with E-state index in [-0.39, 0.29) is 12.0 Å². The molecule has 1 aliphatic heterocycles. The molecule has 3 rings (SSSR count). The molecule has 1 aliphatic rings. The Labute approximate surface area is 136 Å². The lowest BCUT2D eigenvalue weighted by Crippen LogP contribution is -2.38. The number of carbonyl (C=O) groups excluding carboxylic acids is 1. The second-order valence-electron chi connectivity index (χ2n) is 6.09. The van der Waals surface area contributed by atoms with Gasteiger partial charge in [0.15, 0.2) is 0 Å². The number of nitrogens with zero attached hydrogens (tertiary/aromatic N) is 3. The van der Waals surface area contributed by atoms with Crippen LogP contribution in [0.5, 0.6) is 0 Å². The van der Waals surface area contributed by atoms with Crippen LogP contribution in [-0.2, 0) is 23.1 Å². The fraction of sp³-hybridized carbons (Fsp3) is 0.529. The second kappa shape index (κ2) is 7.10. The van der Waals surface area contributed by atoms with Crippen molar-refractivity contribution in [2.75, 3.05) is 26.7 Å². The number of nitrogens with one attached hydrogen (secondary N) is 1. The molecular formula is C17H24N4O2. The van der Waals surface area contributed by atoms with Gasteiger partial charge in [-0.3, -0.25) is 4.79 Å². The van der Waals surface area contributed by atoms with E-state index in [4.69, 9.17) is 4.74 Å². The largest absolute Gasteiger partial charge is 0.377 e.